The minimum absolute atomic E-state index is 0.0508. The van der Waals surface area contributed by atoms with Crippen LogP contribution in [0.2, 0.25) is 0 Å². The Morgan fingerprint density at radius 1 is 1.11 bits per heavy atom. The van der Waals surface area contributed by atoms with Crippen molar-refractivity contribution >= 4 is 28.4 Å². The van der Waals surface area contributed by atoms with Crippen molar-refractivity contribution in [3.63, 3.8) is 0 Å². The number of hydrogen-bond donors (Lipinski definition) is 2. The maximum atomic E-state index is 14.5. The number of nitrogens with zero attached hydrogens (tertiary/aromatic N) is 4. The number of ether oxygens (including phenoxy) is 1. The Hall–Kier alpha value is -4.48. The molecule has 0 unspecified atom stereocenters. The lowest BCUT2D eigenvalue weighted by atomic mass is 9.91. The van der Waals surface area contributed by atoms with Crippen LogP contribution in [0.3, 0.4) is 0 Å². The molecule has 12 heteroatoms. The highest BCUT2D eigenvalue weighted by Gasteiger charge is 2.48. The number of rotatable bonds is 4. The van der Waals surface area contributed by atoms with Gasteiger partial charge in [0.15, 0.2) is 17.5 Å². The van der Waals surface area contributed by atoms with Crippen LogP contribution < -0.4 is 10.9 Å². The molecule has 1 aliphatic carbocycles. The molecule has 0 atom stereocenters. The first-order valence-corrected chi connectivity index (χ1v) is 11.5. The highest BCUT2D eigenvalue weighted by Crippen LogP contribution is 2.40. The van der Waals surface area contributed by atoms with E-state index in [1.54, 1.807) is 24.3 Å². The third-order valence-electron chi connectivity index (χ3n) is 6.44. The van der Waals surface area contributed by atoms with Crippen molar-refractivity contribution in [2.45, 2.75) is 38.0 Å². The quantitative estimate of drug-likeness (QED) is 0.417. The predicted octanol–water partition coefficient (Wildman–Crippen LogP) is 4.51. The first-order chi connectivity index (χ1) is 17.7. The van der Waals surface area contributed by atoms with Gasteiger partial charge in [-0.25, -0.2) is 33.0 Å². The van der Waals surface area contributed by atoms with Crippen molar-refractivity contribution < 1.29 is 22.7 Å². The summed E-state index contributed by atoms with van der Waals surface area (Å²) < 4.78 is 45.8. The van der Waals surface area contributed by atoms with Crippen LogP contribution in [-0.2, 0) is 17.8 Å². The van der Waals surface area contributed by atoms with Crippen LogP contribution in [0, 0.1) is 5.82 Å². The minimum atomic E-state index is -2.76. The second-order valence-corrected chi connectivity index (χ2v) is 9.13. The Morgan fingerprint density at radius 3 is 2.73 bits per heavy atom. The van der Waals surface area contributed by atoms with Crippen molar-refractivity contribution in [2.24, 2.45) is 0 Å². The number of amides is 1. The standard InChI is InChI=1S/C25H19F3N6O3/c26-20-10-29-21(32-22(20)31-17-3-4-19-15(6-17)9-30-33-23(19)35)13-1-2-14-11-34(12-16(14)5-13)24(36)37-18-7-25(27,28)8-18/h1-6,9-10,18H,7-8,11-12H2,(H,33,35)(H,29,31,32). The third-order valence-corrected chi connectivity index (χ3v) is 6.44. The monoisotopic (exact) mass is 508 g/mol. The fourth-order valence-corrected chi connectivity index (χ4v) is 4.47. The smallest absolute Gasteiger partial charge is 0.410 e. The van der Waals surface area contributed by atoms with Crippen LogP contribution in [0.25, 0.3) is 22.2 Å². The first kappa shape index (κ1) is 23.0. The minimum Gasteiger partial charge on any atom is -0.446 e. The summed E-state index contributed by atoms with van der Waals surface area (Å²) in [5.41, 5.74) is 2.52. The summed E-state index contributed by atoms with van der Waals surface area (Å²) >= 11 is 0. The van der Waals surface area contributed by atoms with Crippen LogP contribution in [-0.4, -0.2) is 43.2 Å². The van der Waals surface area contributed by atoms with Gasteiger partial charge in [-0.15, -0.1) is 0 Å². The molecular weight excluding hydrogens is 489 g/mol. The number of hydrogen-bond acceptors (Lipinski definition) is 7. The molecule has 1 saturated carbocycles. The number of anilines is 2. The van der Waals surface area contributed by atoms with E-state index in [0.717, 1.165) is 17.3 Å². The zero-order valence-corrected chi connectivity index (χ0v) is 19.2. The highest BCUT2D eigenvalue weighted by molar-refractivity contribution is 5.84. The second kappa shape index (κ2) is 8.57. The average molecular weight is 508 g/mol. The predicted molar refractivity (Wildman–Crippen MR) is 127 cm³/mol. The molecule has 3 heterocycles. The molecule has 0 bridgehead atoms. The molecule has 2 aromatic heterocycles. The van der Waals surface area contributed by atoms with E-state index in [2.05, 4.69) is 25.5 Å². The van der Waals surface area contributed by atoms with E-state index in [0.29, 0.717) is 28.6 Å². The third kappa shape index (κ3) is 4.46. The normalized spacial score (nSPS) is 16.4. The lowest BCUT2D eigenvalue weighted by Crippen LogP contribution is -2.44. The number of nitrogens with one attached hydrogen (secondary N) is 2. The number of aromatic nitrogens is 4. The van der Waals surface area contributed by atoms with Gasteiger partial charge < -0.3 is 10.1 Å². The fourth-order valence-electron chi connectivity index (χ4n) is 4.47. The topological polar surface area (TPSA) is 113 Å². The number of benzene rings is 2. The molecular formula is C25H19F3N6O3. The molecule has 9 nitrogen and oxygen atoms in total. The van der Waals surface area contributed by atoms with Crippen molar-refractivity contribution in [3.8, 4) is 11.4 Å². The SMILES string of the molecule is O=C(OC1CC(F)(F)C1)N1Cc2ccc(-c3ncc(F)c(Nc4ccc5c(=O)[nH]ncc5c4)n3)cc2C1. The summed E-state index contributed by atoms with van der Waals surface area (Å²) in [6.07, 6.45) is 0.264. The van der Waals surface area contributed by atoms with Crippen molar-refractivity contribution in [3.05, 3.63) is 76.1 Å². The summed E-state index contributed by atoms with van der Waals surface area (Å²) in [6, 6.07) is 10.3. The van der Waals surface area contributed by atoms with Gasteiger partial charge in [-0.05, 0) is 35.4 Å². The lowest BCUT2D eigenvalue weighted by Gasteiger charge is -2.34. The number of H-pyrrole nitrogens is 1. The van der Waals surface area contributed by atoms with Gasteiger partial charge in [0.25, 0.3) is 11.5 Å². The molecule has 1 aliphatic heterocycles. The molecule has 0 radical (unpaired) electrons. The zero-order valence-electron chi connectivity index (χ0n) is 19.2. The van der Waals surface area contributed by atoms with E-state index in [9.17, 15) is 22.8 Å². The summed E-state index contributed by atoms with van der Waals surface area (Å²) in [5, 5.41) is 10.1. The molecule has 1 amide bonds. The molecule has 2 N–H and O–H groups in total. The number of halogens is 3. The van der Waals surface area contributed by atoms with Gasteiger partial charge in [-0.2, -0.15) is 5.10 Å². The summed E-state index contributed by atoms with van der Waals surface area (Å²) in [4.78, 5) is 34.1. The van der Waals surface area contributed by atoms with Gasteiger partial charge in [0.1, 0.15) is 6.10 Å². The molecule has 0 saturated heterocycles. The van der Waals surface area contributed by atoms with Crippen molar-refractivity contribution in [1.29, 1.82) is 0 Å². The molecule has 6 rings (SSSR count). The van der Waals surface area contributed by atoms with Crippen LogP contribution in [0.15, 0.2) is 53.6 Å². The molecule has 188 valence electrons. The van der Waals surface area contributed by atoms with Crippen molar-refractivity contribution in [2.75, 3.05) is 5.32 Å². The van der Waals surface area contributed by atoms with Crippen molar-refractivity contribution in [1.82, 2.24) is 25.1 Å². The van der Waals surface area contributed by atoms with E-state index in [1.807, 2.05) is 12.1 Å². The average Bonchev–Trinajstić information content (AvgIpc) is 3.28. The summed E-state index contributed by atoms with van der Waals surface area (Å²) in [5.74, 6) is -3.21. The Morgan fingerprint density at radius 2 is 1.92 bits per heavy atom. The number of carbonyl (C=O) groups excluding carboxylic acids is 1. The summed E-state index contributed by atoms with van der Waals surface area (Å²) in [6.45, 7) is 0.552. The second-order valence-electron chi connectivity index (χ2n) is 9.13. The highest BCUT2D eigenvalue weighted by atomic mass is 19.3. The number of fused-ring (bicyclic) bond motifs is 2. The molecule has 2 aliphatic rings. The van der Waals surface area contributed by atoms with Gasteiger partial charge in [0.2, 0.25) is 0 Å². The first-order valence-electron chi connectivity index (χ1n) is 11.5. The van der Waals surface area contributed by atoms with Gasteiger partial charge >= 0.3 is 6.09 Å². The van der Waals surface area contributed by atoms with Gasteiger partial charge in [-0.3, -0.25) is 9.69 Å². The fraction of sp³-hybridized carbons (Fsp3) is 0.240. The van der Waals surface area contributed by atoms with Gasteiger partial charge in [0.05, 0.1) is 17.8 Å². The maximum absolute atomic E-state index is 14.5. The Bertz CT molecular complexity index is 1600. The number of carbonyl (C=O) groups is 1. The Kier molecular flexibility index (Phi) is 5.32. The van der Waals surface area contributed by atoms with Gasteiger partial charge in [0, 0.05) is 42.6 Å². The Labute approximate surface area is 207 Å². The molecule has 1 fully saturated rings. The van der Waals surface area contributed by atoms with Gasteiger partial charge in [-0.1, -0.05) is 12.1 Å². The van der Waals surface area contributed by atoms with E-state index in [1.165, 1.54) is 11.1 Å². The number of aromatic amines is 1. The van der Waals surface area contributed by atoms with E-state index < -0.39 is 36.8 Å². The lowest BCUT2D eigenvalue weighted by molar-refractivity contribution is -0.148. The zero-order chi connectivity index (χ0) is 25.7. The van der Waals surface area contributed by atoms with Crippen LogP contribution >= 0.6 is 0 Å². The largest absolute Gasteiger partial charge is 0.446 e. The van der Waals surface area contributed by atoms with Crippen LogP contribution in [0.1, 0.15) is 24.0 Å². The van der Waals surface area contributed by atoms with E-state index in [4.69, 9.17) is 4.74 Å². The molecule has 0 spiro atoms. The Balaban J connectivity index is 1.19. The van der Waals surface area contributed by atoms with Crippen LogP contribution in [0.5, 0.6) is 0 Å². The molecule has 37 heavy (non-hydrogen) atoms. The molecule has 2 aromatic carbocycles. The van der Waals surface area contributed by atoms with Crippen LogP contribution in [0.4, 0.5) is 29.5 Å². The number of alkyl halides is 2. The molecule has 4 aromatic rings. The summed E-state index contributed by atoms with van der Waals surface area (Å²) in [7, 11) is 0. The maximum Gasteiger partial charge on any atom is 0.410 e. The van der Waals surface area contributed by atoms with E-state index >= 15 is 0 Å². The van der Waals surface area contributed by atoms with E-state index in [-0.39, 0.29) is 23.7 Å².